The summed E-state index contributed by atoms with van der Waals surface area (Å²) in [5.74, 6) is -1.29. The highest BCUT2D eigenvalue weighted by atomic mass is 35.5. The van der Waals surface area contributed by atoms with E-state index in [1.807, 2.05) is 4.72 Å². The number of carboxylic acid groups (broad SMARTS) is 1. The van der Waals surface area contributed by atoms with Crippen LogP contribution < -0.4 is 10.5 Å². The minimum absolute atomic E-state index is 0.0183. The molecule has 0 amide bonds. The van der Waals surface area contributed by atoms with Crippen molar-refractivity contribution in [1.29, 1.82) is 0 Å². The summed E-state index contributed by atoms with van der Waals surface area (Å²) in [5.41, 5.74) is 6.22. The fourth-order valence-electron chi connectivity index (χ4n) is 1.15. The number of carboxylic acids is 1. The second-order valence-corrected chi connectivity index (χ2v) is 5.50. The zero-order valence-electron chi connectivity index (χ0n) is 8.90. The number of aliphatic carboxylic acids is 1. The molecule has 0 saturated heterocycles. The molecule has 4 N–H and O–H groups in total. The Morgan fingerprint density at radius 1 is 1.53 bits per heavy atom. The number of rotatable bonds is 4. The first kappa shape index (κ1) is 13.8. The summed E-state index contributed by atoms with van der Waals surface area (Å²) >= 11 is 5.79. The molecule has 0 fully saturated rings. The zero-order valence-corrected chi connectivity index (χ0v) is 10.5. The molecule has 0 aromatic heterocycles. The van der Waals surface area contributed by atoms with Crippen molar-refractivity contribution in [3.05, 3.63) is 22.7 Å². The van der Waals surface area contributed by atoms with Crippen molar-refractivity contribution in [3.63, 3.8) is 0 Å². The molecule has 0 saturated carbocycles. The number of carbonyl (C=O) groups is 1. The first-order chi connectivity index (χ1) is 7.74. The number of halogens is 1. The maximum atomic E-state index is 11.7. The molecule has 0 atom stereocenters. The minimum Gasteiger partial charge on any atom is -0.480 e. The molecule has 1 rings (SSSR count). The standard InChI is InChI=1S/C9H11ClN2O4S/c1-5-2-7(11)8(3-6(5)10)17(15,16)12-4-9(13)14/h2-3,12H,4,11H2,1H3,(H,13,14). The molecule has 0 radical (unpaired) electrons. The molecule has 0 spiro atoms. The van der Waals surface area contributed by atoms with E-state index in [4.69, 9.17) is 22.4 Å². The van der Waals surface area contributed by atoms with Crippen molar-refractivity contribution < 1.29 is 18.3 Å². The number of nitrogen functional groups attached to an aromatic ring is 1. The molecule has 0 heterocycles. The highest BCUT2D eigenvalue weighted by molar-refractivity contribution is 7.89. The van der Waals surface area contributed by atoms with Gasteiger partial charge in [-0.15, -0.1) is 0 Å². The SMILES string of the molecule is Cc1cc(N)c(S(=O)(=O)NCC(=O)O)cc1Cl. The van der Waals surface area contributed by atoms with Crippen LogP contribution in [0.4, 0.5) is 5.69 Å². The Morgan fingerprint density at radius 2 is 2.12 bits per heavy atom. The van der Waals surface area contributed by atoms with E-state index >= 15 is 0 Å². The number of hydrogen-bond donors (Lipinski definition) is 3. The van der Waals surface area contributed by atoms with Gasteiger partial charge in [0, 0.05) is 5.02 Å². The van der Waals surface area contributed by atoms with E-state index in [-0.39, 0.29) is 15.6 Å². The molecule has 1 aromatic rings. The largest absolute Gasteiger partial charge is 0.480 e. The highest BCUT2D eigenvalue weighted by Crippen LogP contribution is 2.25. The lowest BCUT2D eigenvalue weighted by atomic mass is 10.2. The van der Waals surface area contributed by atoms with Gasteiger partial charge in [-0.25, -0.2) is 8.42 Å². The van der Waals surface area contributed by atoms with Crippen LogP contribution in [0.25, 0.3) is 0 Å². The van der Waals surface area contributed by atoms with Crippen LogP contribution in [0.5, 0.6) is 0 Å². The smallest absolute Gasteiger partial charge is 0.318 e. The normalized spacial score (nSPS) is 11.4. The average Bonchev–Trinajstić information content (AvgIpc) is 2.20. The maximum absolute atomic E-state index is 11.7. The van der Waals surface area contributed by atoms with Crippen LogP contribution in [0.2, 0.25) is 5.02 Å². The number of benzene rings is 1. The molecule has 94 valence electrons. The number of nitrogens with two attached hydrogens (primary N) is 1. The number of sulfonamides is 1. The fraction of sp³-hybridized carbons (Fsp3) is 0.222. The van der Waals surface area contributed by atoms with Crippen LogP contribution in [-0.4, -0.2) is 26.0 Å². The lowest BCUT2D eigenvalue weighted by Gasteiger charge is -2.09. The van der Waals surface area contributed by atoms with E-state index in [0.29, 0.717) is 5.56 Å². The summed E-state index contributed by atoms with van der Waals surface area (Å²) < 4.78 is 25.3. The van der Waals surface area contributed by atoms with Crippen LogP contribution in [0.1, 0.15) is 5.56 Å². The first-order valence-electron chi connectivity index (χ1n) is 4.51. The molecule has 8 heteroatoms. The summed E-state index contributed by atoms with van der Waals surface area (Å²) in [5, 5.41) is 8.65. The lowest BCUT2D eigenvalue weighted by molar-refractivity contribution is -0.135. The number of nitrogens with one attached hydrogen (secondary N) is 1. The van der Waals surface area contributed by atoms with Crippen molar-refractivity contribution in [2.75, 3.05) is 12.3 Å². The third-order valence-corrected chi connectivity index (χ3v) is 3.86. The molecule has 0 aliphatic rings. The molecule has 0 unspecified atom stereocenters. The van der Waals surface area contributed by atoms with E-state index in [1.54, 1.807) is 6.92 Å². The Balaban J connectivity index is 3.15. The Kier molecular flexibility index (Phi) is 3.97. The van der Waals surface area contributed by atoms with E-state index in [0.717, 1.165) is 0 Å². The summed E-state index contributed by atoms with van der Waals surface area (Å²) in [4.78, 5) is 10.1. The first-order valence-corrected chi connectivity index (χ1v) is 6.37. The lowest BCUT2D eigenvalue weighted by Crippen LogP contribution is -2.30. The van der Waals surface area contributed by atoms with Gasteiger partial charge in [-0.3, -0.25) is 4.79 Å². The fourth-order valence-corrected chi connectivity index (χ4v) is 2.49. The Labute approximate surface area is 103 Å². The van der Waals surface area contributed by atoms with Crippen LogP contribution in [0.15, 0.2) is 17.0 Å². The Hall–Kier alpha value is -1.31. The maximum Gasteiger partial charge on any atom is 0.318 e. The molecular formula is C9H11ClN2O4S. The molecule has 6 nitrogen and oxygen atoms in total. The van der Waals surface area contributed by atoms with E-state index in [1.165, 1.54) is 12.1 Å². The topological polar surface area (TPSA) is 109 Å². The van der Waals surface area contributed by atoms with Gasteiger partial charge in [-0.1, -0.05) is 11.6 Å². The molecule has 17 heavy (non-hydrogen) atoms. The predicted molar refractivity (Wildman–Crippen MR) is 63.4 cm³/mol. The van der Waals surface area contributed by atoms with E-state index in [9.17, 15) is 13.2 Å². The number of aryl methyl sites for hydroxylation is 1. The monoisotopic (exact) mass is 278 g/mol. The zero-order chi connectivity index (χ0) is 13.2. The van der Waals surface area contributed by atoms with Crippen molar-refractivity contribution in [2.24, 2.45) is 0 Å². The van der Waals surface area contributed by atoms with Crippen molar-refractivity contribution in [1.82, 2.24) is 4.72 Å². The Bertz CT molecular complexity index is 556. The molecular weight excluding hydrogens is 268 g/mol. The minimum atomic E-state index is -3.97. The van der Waals surface area contributed by atoms with Crippen LogP contribution in [0.3, 0.4) is 0 Å². The summed E-state index contributed by atoms with van der Waals surface area (Å²) in [7, 11) is -3.97. The van der Waals surface area contributed by atoms with Crippen LogP contribution >= 0.6 is 11.6 Å². The van der Waals surface area contributed by atoms with Gasteiger partial charge in [0.05, 0.1) is 5.69 Å². The second-order valence-electron chi connectivity index (χ2n) is 3.36. The number of anilines is 1. The second kappa shape index (κ2) is 4.91. The van der Waals surface area contributed by atoms with Gasteiger partial charge >= 0.3 is 5.97 Å². The third-order valence-electron chi connectivity index (χ3n) is 1.99. The van der Waals surface area contributed by atoms with E-state index < -0.39 is 22.5 Å². The van der Waals surface area contributed by atoms with Gasteiger partial charge in [0.15, 0.2) is 0 Å². The van der Waals surface area contributed by atoms with Crippen molar-refractivity contribution >= 4 is 33.3 Å². The van der Waals surface area contributed by atoms with Gasteiger partial charge in [0.25, 0.3) is 0 Å². The average molecular weight is 279 g/mol. The van der Waals surface area contributed by atoms with Crippen LogP contribution in [0, 0.1) is 6.92 Å². The van der Waals surface area contributed by atoms with Gasteiger partial charge in [0.2, 0.25) is 10.0 Å². The quantitative estimate of drug-likeness (QED) is 0.699. The predicted octanol–water partition coefficient (Wildman–Crippen LogP) is 0.594. The van der Waals surface area contributed by atoms with Crippen LogP contribution in [-0.2, 0) is 14.8 Å². The molecule has 0 aliphatic heterocycles. The molecule has 1 aromatic carbocycles. The Morgan fingerprint density at radius 3 is 2.65 bits per heavy atom. The van der Waals surface area contributed by atoms with Crippen molar-refractivity contribution in [2.45, 2.75) is 11.8 Å². The van der Waals surface area contributed by atoms with E-state index in [2.05, 4.69) is 0 Å². The third kappa shape index (κ3) is 3.32. The van der Waals surface area contributed by atoms with Gasteiger partial charge < -0.3 is 10.8 Å². The van der Waals surface area contributed by atoms with Gasteiger partial charge in [-0.2, -0.15) is 4.72 Å². The van der Waals surface area contributed by atoms with Crippen molar-refractivity contribution in [3.8, 4) is 0 Å². The number of hydrogen-bond acceptors (Lipinski definition) is 4. The van der Waals surface area contributed by atoms with Gasteiger partial charge in [0.1, 0.15) is 11.4 Å². The summed E-state index contributed by atoms with van der Waals surface area (Å²) in [6, 6.07) is 2.61. The molecule has 0 aliphatic carbocycles. The van der Waals surface area contributed by atoms with Gasteiger partial charge in [-0.05, 0) is 24.6 Å². The summed E-state index contributed by atoms with van der Waals surface area (Å²) in [6.45, 7) is 0.965. The summed E-state index contributed by atoms with van der Waals surface area (Å²) in [6.07, 6.45) is 0. The molecule has 0 bridgehead atoms. The highest BCUT2D eigenvalue weighted by Gasteiger charge is 2.19.